The number of aliphatic carboxylic acids is 1. The Morgan fingerprint density at radius 3 is 2.50 bits per heavy atom. The molecule has 0 bridgehead atoms. The molecule has 1 aliphatic rings. The van der Waals surface area contributed by atoms with E-state index < -0.39 is 27.3 Å². The van der Waals surface area contributed by atoms with Gasteiger partial charge in [0.2, 0.25) is 10.0 Å². The van der Waals surface area contributed by atoms with Crippen molar-refractivity contribution in [1.29, 1.82) is 0 Å². The van der Waals surface area contributed by atoms with E-state index >= 15 is 0 Å². The Morgan fingerprint density at radius 1 is 1.45 bits per heavy atom. The molecule has 1 saturated carbocycles. The Kier molecular flexibility index (Phi) is 3.70. The molecule has 1 fully saturated rings. The molecule has 1 aromatic rings. The van der Waals surface area contributed by atoms with E-state index in [0.29, 0.717) is 6.42 Å². The number of nitrogens with one attached hydrogen (secondary N) is 1. The van der Waals surface area contributed by atoms with Crippen LogP contribution in [0.3, 0.4) is 0 Å². The van der Waals surface area contributed by atoms with E-state index in [0.717, 1.165) is 6.07 Å². The van der Waals surface area contributed by atoms with Gasteiger partial charge in [0.25, 0.3) is 0 Å². The van der Waals surface area contributed by atoms with E-state index in [1.807, 2.05) is 0 Å². The minimum atomic E-state index is -4.10. The Hall–Kier alpha value is -1.67. The van der Waals surface area contributed by atoms with Crippen molar-refractivity contribution in [2.75, 3.05) is 7.11 Å². The molecule has 0 aromatic heterocycles. The number of ether oxygens (including phenoxy) is 1. The molecule has 0 radical (unpaired) electrons. The first-order valence-corrected chi connectivity index (χ1v) is 7.40. The summed E-state index contributed by atoms with van der Waals surface area (Å²) in [5.74, 6) is -2.13. The quantitative estimate of drug-likeness (QED) is 0.850. The first-order valence-electron chi connectivity index (χ1n) is 5.92. The molecule has 0 aliphatic heterocycles. The fourth-order valence-electron chi connectivity index (χ4n) is 2.02. The highest BCUT2D eigenvalue weighted by atomic mass is 32.2. The highest BCUT2D eigenvalue weighted by molar-refractivity contribution is 7.89. The highest BCUT2D eigenvalue weighted by Crippen LogP contribution is 2.34. The topological polar surface area (TPSA) is 92.7 Å². The molecule has 1 aliphatic carbocycles. The largest absolute Gasteiger partial charge is 0.494 e. The molecular weight excluding hydrogens is 289 g/mol. The number of carbonyl (C=O) groups is 1. The van der Waals surface area contributed by atoms with Crippen LogP contribution in [-0.4, -0.2) is 32.1 Å². The summed E-state index contributed by atoms with van der Waals surface area (Å²) in [7, 11) is -2.84. The number of halogens is 1. The van der Waals surface area contributed by atoms with Crippen molar-refractivity contribution in [2.24, 2.45) is 0 Å². The lowest BCUT2D eigenvalue weighted by Crippen LogP contribution is -2.58. The second-order valence-electron chi connectivity index (χ2n) is 4.64. The number of rotatable bonds is 5. The summed E-state index contributed by atoms with van der Waals surface area (Å²) in [5.41, 5.74) is -1.48. The van der Waals surface area contributed by atoms with Gasteiger partial charge < -0.3 is 9.84 Å². The maximum atomic E-state index is 13.5. The van der Waals surface area contributed by atoms with Crippen LogP contribution in [0.15, 0.2) is 23.1 Å². The van der Waals surface area contributed by atoms with E-state index in [-0.39, 0.29) is 23.5 Å². The van der Waals surface area contributed by atoms with Crippen molar-refractivity contribution < 1.29 is 27.4 Å². The Bertz CT molecular complexity index is 639. The summed E-state index contributed by atoms with van der Waals surface area (Å²) in [6.45, 7) is 0. The number of methoxy groups -OCH3 is 1. The number of carboxylic acid groups (broad SMARTS) is 1. The van der Waals surface area contributed by atoms with Gasteiger partial charge in [-0.05, 0) is 37.5 Å². The third-order valence-electron chi connectivity index (χ3n) is 3.38. The van der Waals surface area contributed by atoms with Gasteiger partial charge in [0, 0.05) is 0 Å². The average molecular weight is 303 g/mol. The maximum Gasteiger partial charge on any atom is 0.324 e. The Balaban J connectivity index is 2.31. The molecule has 0 atom stereocenters. The first kappa shape index (κ1) is 14.7. The smallest absolute Gasteiger partial charge is 0.324 e. The minimum absolute atomic E-state index is 0.0828. The van der Waals surface area contributed by atoms with Gasteiger partial charge in [-0.3, -0.25) is 4.79 Å². The van der Waals surface area contributed by atoms with Crippen LogP contribution in [0, 0.1) is 5.82 Å². The molecule has 0 amide bonds. The predicted octanol–water partition coefficient (Wildman–Crippen LogP) is 1.12. The van der Waals surface area contributed by atoms with Gasteiger partial charge in [-0.2, -0.15) is 4.72 Å². The maximum absolute atomic E-state index is 13.5. The van der Waals surface area contributed by atoms with Gasteiger partial charge in [0.05, 0.1) is 12.0 Å². The van der Waals surface area contributed by atoms with Crippen LogP contribution >= 0.6 is 0 Å². The number of hydrogen-bond acceptors (Lipinski definition) is 4. The summed E-state index contributed by atoms with van der Waals surface area (Å²) < 4.78 is 44.6. The fourth-order valence-corrected chi connectivity index (χ4v) is 3.45. The third-order valence-corrected chi connectivity index (χ3v) is 4.91. The fraction of sp³-hybridized carbons (Fsp3) is 0.417. The summed E-state index contributed by atoms with van der Waals surface area (Å²) in [5, 5.41) is 9.11. The molecule has 6 nitrogen and oxygen atoms in total. The molecule has 0 saturated heterocycles. The van der Waals surface area contributed by atoms with E-state index in [9.17, 15) is 17.6 Å². The van der Waals surface area contributed by atoms with Crippen LogP contribution in [0.5, 0.6) is 5.75 Å². The first-order chi connectivity index (χ1) is 9.31. The SMILES string of the molecule is COc1ccc(S(=O)(=O)NC2(C(=O)O)CCC2)cc1F. The summed E-state index contributed by atoms with van der Waals surface area (Å²) in [4.78, 5) is 10.8. The average Bonchev–Trinajstić information content (AvgIpc) is 2.33. The molecule has 0 unspecified atom stereocenters. The van der Waals surface area contributed by atoms with Gasteiger partial charge in [0.1, 0.15) is 5.54 Å². The van der Waals surface area contributed by atoms with Gasteiger partial charge in [0.15, 0.2) is 11.6 Å². The number of hydrogen-bond donors (Lipinski definition) is 2. The standard InChI is InChI=1S/C12H14FNO5S/c1-19-10-4-3-8(7-9(10)13)20(17,18)14-12(11(15)16)5-2-6-12/h3-4,7,14H,2,5-6H2,1H3,(H,15,16). The van der Waals surface area contributed by atoms with Gasteiger partial charge in [-0.1, -0.05) is 0 Å². The Labute approximate surface area is 115 Å². The van der Waals surface area contributed by atoms with Crippen LogP contribution in [0.1, 0.15) is 19.3 Å². The number of carboxylic acids is 1. The van der Waals surface area contributed by atoms with Crippen molar-refractivity contribution in [3.8, 4) is 5.75 Å². The summed E-state index contributed by atoms with van der Waals surface area (Å²) in [6, 6.07) is 3.14. The summed E-state index contributed by atoms with van der Waals surface area (Å²) in [6.07, 6.45) is 1.08. The van der Waals surface area contributed by atoms with Crippen molar-refractivity contribution in [3.63, 3.8) is 0 Å². The van der Waals surface area contributed by atoms with Crippen LogP contribution in [0.4, 0.5) is 4.39 Å². The predicted molar refractivity (Wildman–Crippen MR) is 67.5 cm³/mol. The van der Waals surface area contributed by atoms with E-state index in [2.05, 4.69) is 4.72 Å². The lowest BCUT2D eigenvalue weighted by Gasteiger charge is -2.37. The molecule has 0 spiro atoms. The van der Waals surface area contributed by atoms with E-state index in [4.69, 9.17) is 9.84 Å². The Morgan fingerprint density at radius 2 is 2.10 bits per heavy atom. The van der Waals surface area contributed by atoms with Crippen molar-refractivity contribution in [2.45, 2.75) is 29.7 Å². The van der Waals surface area contributed by atoms with Crippen molar-refractivity contribution in [1.82, 2.24) is 4.72 Å². The molecular formula is C12H14FNO5S. The molecule has 0 heterocycles. The second-order valence-corrected chi connectivity index (χ2v) is 6.33. The third kappa shape index (κ3) is 2.48. The molecule has 20 heavy (non-hydrogen) atoms. The zero-order valence-electron chi connectivity index (χ0n) is 10.7. The highest BCUT2D eigenvalue weighted by Gasteiger charge is 2.47. The lowest BCUT2D eigenvalue weighted by molar-refractivity contribution is -0.147. The number of sulfonamides is 1. The molecule has 1 aromatic carbocycles. The van der Waals surface area contributed by atoms with Crippen LogP contribution in [0.2, 0.25) is 0 Å². The molecule has 2 rings (SSSR count). The van der Waals surface area contributed by atoms with Crippen molar-refractivity contribution >= 4 is 16.0 Å². The normalized spacial score (nSPS) is 17.3. The van der Waals surface area contributed by atoms with E-state index in [1.54, 1.807) is 0 Å². The molecule has 110 valence electrons. The molecule has 8 heteroatoms. The van der Waals surface area contributed by atoms with E-state index in [1.165, 1.54) is 19.2 Å². The van der Waals surface area contributed by atoms with Crippen molar-refractivity contribution in [3.05, 3.63) is 24.0 Å². The monoisotopic (exact) mass is 303 g/mol. The molecule has 2 N–H and O–H groups in total. The van der Waals surface area contributed by atoms with Crippen LogP contribution in [-0.2, 0) is 14.8 Å². The minimum Gasteiger partial charge on any atom is -0.494 e. The zero-order valence-corrected chi connectivity index (χ0v) is 11.5. The lowest BCUT2D eigenvalue weighted by atomic mass is 9.78. The van der Waals surface area contributed by atoms with Crippen LogP contribution < -0.4 is 9.46 Å². The second kappa shape index (κ2) is 5.02. The summed E-state index contributed by atoms with van der Waals surface area (Å²) >= 11 is 0. The van der Waals surface area contributed by atoms with Crippen LogP contribution in [0.25, 0.3) is 0 Å². The zero-order chi connectivity index (χ0) is 15.0. The van der Waals surface area contributed by atoms with Gasteiger partial charge in [-0.15, -0.1) is 0 Å². The van der Waals surface area contributed by atoms with Gasteiger partial charge in [-0.25, -0.2) is 12.8 Å². The van der Waals surface area contributed by atoms with Gasteiger partial charge >= 0.3 is 5.97 Å². The number of benzene rings is 1.